The smallest absolute Gasteiger partial charge is 0.302 e. The van der Waals surface area contributed by atoms with Gasteiger partial charge in [0.05, 0.1) is 19.3 Å². The summed E-state index contributed by atoms with van der Waals surface area (Å²) in [6.07, 6.45) is 0.571. The predicted molar refractivity (Wildman–Crippen MR) is 65.9 cm³/mol. The average molecular weight is 250 g/mol. The number of aliphatic hydroxyl groups excluding tert-OH is 1. The number of rotatable bonds is 7. The average Bonchev–Trinajstić information content (AvgIpc) is 2.17. The van der Waals surface area contributed by atoms with Gasteiger partial charge in [-0.2, -0.15) is 0 Å². The van der Waals surface area contributed by atoms with E-state index in [0.717, 1.165) is 13.0 Å². The monoisotopic (exact) mass is 250 g/mol. The van der Waals surface area contributed by atoms with Crippen LogP contribution in [0.5, 0.6) is 0 Å². The van der Waals surface area contributed by atoms with Crippen molar-refractivity contribution in [3.05, 3.63) is 0 Å². The molecule has 0 bridgehead atoms. The molecule has 0 fully saturated rings. The van der Waals surface area contributed by atoms with Crippen molar-refractivity contribution in [1.82, 2.24) is 0 Å². The Kier molecular flexibility index (Phi) is 14.8. The molecule has 0 rings (SSSR count). The van der Waals surface area contributed by atoms with E-state index in [0.29, 0.717) is 13.2 Å². The normalized spacial score (nSPS) is 13.3. The first-order chi connectivity index (χ1) is 7.93. The molecule has 0 aliphatic heterocycles. The minimum atomic E-state index is -0.318. The molecule has 5 heteroatoms. The standard InChI is InChI=1S/C6H12O3.C6H14O2/c1-5(4-8-3)9-6(2)7;1-3-4-8-5-6(2)7/h5H,4H2,1-3H3;6-7H,3-5H2,1-2H3. The molecule has 0 heterocycles. The van der Waals surface area contributed by atoms with E-state index in [1.165, 1.54) is 6.92 Å². The first-order valence-corrected chi connectivity index (χ1v) is 5.85. The number of aliphatic hydroxyl groups is 1. The zero-order valence-electron chi connectivity index (χ0n) is 11.6. The van der Waals surface area contributed by atoms with Crippen molar-refractivity contribution in [3.63, 3.8) is 0 Å². The maximum Gasteiger partial charge on any atom is 0.302 e. The van der Waals surface area contributed by atoms with Crippen molar-refractivity contribution in [2.24, 2.45) is 0 Å². The van der Waals surface area contributed by atoms with Gasteiger partial charge in [0.15, 0.2) is 0 Å². The van der Waals surface area contributed by atoms with Crippen molar-refractivity contribution in [1.29, 1.82) is 0 Å². The second kappa shape index (κ2) is 13.4. The lowest BCUT2D eigenvalue weighted by Gasteiger charge is -2.08. The second-order valence-corrected chi connectivity index (χ2v) is 3.80. The highest BCUT2D eigenvalue weighted by molar-refractivity contribution is 5.66. The zero-order chi connectivity index (χ0) is 13.7. The second-order valence-electron chi connectivity index (χ2n) is 3.80. The molecule has 0 aromatic carbocycles. The summed E-state index contributed by atoms with van der Waals surface area (Å²) in [5.74, 6) is -0.264. The minimum absolute atomic E-state index is 0.132. The van der Waals surface area contributed by atoms with Crippen molar-refractivity contribution in [2.45, 2.75) is 46.3 Å². The quantitative estimate of drug-likeness (QED) is 0.546. The van der Waals surface area contributed by atoms with E-state index in [-0.39, 0.29) is 18.2 Å². The van der Waals surface area contributed by atoms with Gasteiger partial charge in [0, 0.05) is 20.6 Å². The lowest BCUT2D eigenvalue weighted by atomic mass is 10.4. The Hall–Kier alpha value is -0.650. The molecule has 0 aromatic heterocycles. The summed E-state index contributed by atoms with van der Waals surface area (Å²) in [5, 5.41) is 8.65. The summed E-state index contributed by atoms with van der Waals surface area (Å²) in [7, 11) is 1.57. The van der Waals surface area contributed by atoms with Crippen LogP contribution in [0.25, 0.3) is 0 Å². The zero-order valence-corrected chi connectivity index (χ0v) is 11.6. The molecule has 0 aromatic rings. The van der Waals surface area contributed by atoms with Crippen LogP contribution in [-0.2, 0) is 19.0 Å². The topological polar surface area (TPSA) is 65.0 Å². The van der Waals surface area contributed by atoms with Crippen LogP contribution >= 0.6 is 0 Å². The van der Waals surface area contributed by atoms with Crippen molar-refractivity contribution >= 4 is 5.97 Å². The van der Waals surface area contributed by atoms with Crippen LogP contribution < -0.4 is 0 Å². The van der Waals surface area contributed by atoms with Gasteiger partial charge in [0.1, 0.15) is 6.10 Å². The van der Waals surface area contributed by atoms with Gasteiger partial charge < -0.3 is 19.3 Å². The molecule has 0 aliphatic rings. The molecule has 17 heavy (non-hydrogen) atoms. The van der Waals surface area contributed by atoms with E-state index in [1.807, 2.05) is 6.92 Å². The Morgan fingerprint density at radius 2 is 1.88 bits per heavy atom. The predicted octanol–water partition coefficient (Wildman–Crippen LogP) is 1.38. The number of ether oxygens (including phenoxy) is 3. The molecule has 0 aliphatic carbocycles. The van der Waals surface area contributed by atoms with Crippen LogP contribution in [0.4, 0.5) is 0 Å². The molecule has 5 nitrogen and oxygen atoms in total. The summed E-state index contributed by atoms with van der Waals surface area (Å²) >= 11 is 0. The van der Waals surface area contributed by atoms with Crippen LogP contribution in [0.2, 0.25) is 0 Å². The molecular formula is C12H26O5. The third kappa shape index (κ3) is 21.2. The van der Waals surface area contributed by atoms with Crippen molar-refractivity contribution in [3.8, 4) is 0 Å². The number of methoxy groups -OCH3 is 1. The van der Waals surface area contributed by atoms with Gasteiger partial charge in [-0.25, -0.2) is 0 Å². The number of esters is 1. The van der Waals surface area contributed by atoms with Crippen LogP contribution in [0.1, 0.15) is 34.1 Å². The number of hydrogen-bond acceptors (Lipinski definition) is 5. The van der Waals surface area contributed by atoms with E-state index < -0.39 is 0 Å². The summed E-state index contributed by atoms with van der Waals surface area (Å²) in [4.78, 5) is 10.3. The molecular weight excluding hydrogens is 224 g/mol. The summed E-state index contributed by atoms with van der Waals surface area (Å²) in [6.45, 7) is 8.60. The third-order valence-electron chi connectivity index (χ3n) is 1.48. The highest BCUT2D eigenvalue weighted by atomic mass is 16.6. The van der Waals surface area contributed by atoms with Gasteiger partial charge in [-0.15, -0.1) is 0 Å². The fraction of sp³-hybridized carbons (Fsp3) is 0.917. The third-order valence-corrected chi connectivity index (χ3v) is 1.48. The molecule has 0 radical (unpaired) electrons. The van der Waals surface area contributed by atoms with E-state index in [4.69, 9.17) is 19.3 Å². The SMILES string of the molecule is CCCOCC(C)O.COCC(C)OC(C)=O. The lowest BCUT2D eigenvalue weighted by molar-refractivity contribution is -0.147. The number of hydrogen-bond donors (Lipinski definition) is 1. The maximum atomic E-state index is 10.3. The summed E-state index contributed by atoms with van der Waals surface area (Å²) in [6, 6.07) is 0. The van der Waals surface area contributed by atoms with Crippen LogP contribution in [0.3, 0.4) is 0 Å². The Bertz CT molecular complexity index is 170. The molecule has 1 N–H and O–H groups in total. The van der Waals surface area contributed by atoms with Crippen molar-refractivity contribution in [2.75, 3.05) is 26.9 Å². The number of carbonyl (C=O) groups excluding carboxylic acids is 1. The molecule has 0 spiro atoms. The number of carbonyl (C=O) groups is 1. The summed E-state index contributed by atoms with van der Waals surface area (Å²) in [5.41, 5.74) is 0. The molecule has 0 saturated carbocycles. The molecule has 2 atom stereocenters. The van der Waals surface area contributed by atoms with Crippen LogP contribution in [0.15, 0.2) is 0 Å². The first kappa shape index (κ1) is 18.7. The highest BCUT2D eigenvalue weighted by Gasteiger charge is 2.02. The van der Waals surface area contributed by atoms with Gasteiger partial charge in [-0.3, -0.25) is 4.79 Å². The molecule has 0 amide bonds. The molecule has 0 saturated heterocycles. The largest absolute Gasteiger partial charge is 0.460 e. The Labute approximate surface area is 104 Å². The van der Waals surface area contributed by atoms with Crippen LogP contribution in [0, 0.1) is 0 Å². The van der Waals surface area contributed by atoms with E-state index >= 15 is 0 Å². The Morgan fingerprint density at radius 1 is 1.29 bits per heavy atom. The lowest BCUT2D eigenvalue weighted by Crippen LogP contribution is -2.17. The first-order valence-electron chi connectivity index (χ1n) is 5.85. The fourth-order valence-corrected chi connectivity index (χ4v) is 0.950. The maximum absolute atomic E-state index is 10.3. The minimum Gasteiger partial charge on any atom is -0.460 e. The Balaban J connectivity index is 0. The van der Waals surface area contributed by atoms with E-state index in [1.54, 1.807) is 21.0 Å². The van der Waals surface area contributed by atoms with Crippen molar-refractivity contribution < 1.29 is 24.1 Å². The molecule has 2 unspecified atom stereocenters. The van der Waals surface area contributed by atoms with Gasteiger partial charge in [-0.1, -0.05) is 6.92 Å². The van der Waals surface area contributed by atoms with E-state index in [9.17, 15) is 4.79 Å². The fourth-order valence-electron chi connectivity index (χ4n) is 0.950. The van der Waals surface area contributed by atoms with Gasteiger partial charge in [0.25, 0.3) is 0 Å². The van der Waals surface area contributed by atoms with Gasteiger partial charge in [0.2, 0.25) is 0 Å². The van der Waals surface area contributed by atoms with Gasteiger partial charge >= 0.3 is 5.97 Å². The molecule has 104 valence electrons. The summed E-state index contributed by atoms with van der Waals surface area (Å²) < 4.78 is 14.4. The van der Waals surface area contributed by atoms with E-state index in [2.05, 4.69) is 0 Å². The Morgan fingerprint density at radius 3 is 2.24 bits per heavy atom. The highest BCUT2D eigenvalue weighted by Crippen LogP contribution is 1.90. The van der Waals surface area contributed by atoms with Gasteiger partial charge in [-0.05, 0) is 20.3 Å². The van der Waals surface area contributed by atoms with Crippen LogP contribution in [-0.4, -0.2) is 50.2 Å².